The molecule has 0 spiro atoms. The lowest BCUT2D eigenvalue weighted by Crippen LogP contribution is -2.61. The van der Waals surface area contributed by atoms with Gasteiger partial charge in [-0.3, -0.25) is 4.79 Å². The number of carbonyl (C=O) groups excluding carboxylic acids is 1. The summed E-state index contributed by atoms with van der Waals surface area (Å²) in [5, 5.41) is 11.4. The Balaban J connectivity index is 0.859. The minimum atomic E-state index is -0.825. The highest BCUT2D eigenvalue weighted by atomic mass is 16.7. The first-order chi connectivity index (χ1) is 22.6. The van der Waals surface area contributed by atoms with Gasteiger partial charge in [-0.2, -0.15) is 0 Å². The number of ketones is 1. The van der Waals surface area contributed by atoms with Gasteiger partial charge in [-0.05, 0) is 75.4 Å². The maximum absolute atomic E-state index is 12.9. The van der Waals surface area contributed by atoms with Crippen molar-refractivity contribution in [1.29, 1.82) is 0 Å². The Labute approximate surface area is 279 Å². The van der Waals surface area contributed by atoms with Crippen molar-refractivity contribution in [2.75, 3.05) is 26.9 Å². The van der Waals surface area contributed by atoms with Crippen molar-refractivity contribution in [3.8, 4) is 0 Å². The van der Waals surface area contributed by atoms with Crippen LogP contribution in [0, 0.1) is 11.8 Å². The third-order valence-electron chi connectivity index (χ3n) is 12.1. The van der Waals surface area contributed by atoms with Crippen molar-refractivity contribution in [3.05, 3.63) is 24.3 Å². The summed E-state index contributed by atoms with van der Waals surface area (Å²) < 4.78 is 49.5. The summed E-state index contributed by atoms with van der Waals surface area (Å²) in [5.74, 6) is 0.749. The van der Waals surface area contributed by atoms with Crippen LogP contribution in [0.1, 0.15) is 84.5 Å². The van der Waals surface area contributed by atoms with Crippen LogP contribution in [0.25, 0.3) is 0 Å². The molecule has 7 aliphatic rings. The normalized spacial score (nSPS) is 48.0. The summed E-state index contributed by atoms with van der Waals surface area (Å²) >= 11 is 0. The third kappa shape index (κ3) is 7.33. The number of ether oxygens (including phenoxy) is 8. The Morgan fingerprint density at radius 1 is 0.915 bits per heavy atom. The molecule has 0 aromatic rings. The van der Waals surface area contributed by atoms with Gasteiger partial charge in [-0.25, -0.2) is 0 Å². The molecular formula is C37H56O10. The molecule has 3 unspecified atom stereocenters. The molecule has 0 aromatic heterocycles. The van der Waals surface area contributed by atoms with Crippen LogP contribution in [-0.2, 0) is 42.7 Å². The summed E-state index contributed by atoms with van der Waals surface area (Å²) in [7, 11) is 1.66. The average molecular weight is 661 g/mol. The van der Waals surface area contributed by atoms with Crippen molar-refractivity contribution < 1.29 is 47.8 Å². The molecule has 15 atom stereocenters. The molecule has 7 rings (SSSR count). The highest BCUT2D eigenvalue weighted by molar-refractivity contribution is 5.79. The molecule has 7 saturated heterocycles. The Hall–Kier alpha value is -1.21. The van der Waals surface area contributed by atoms with Gasteiger partial charge in [0.05, 0.1) is 68.1 Å². The molecular weight excluding hydrogens is 604 g/mol. The van der Waals surface area contributed by atoms with Gasteiger partial charge in [-0.1, -0.05) is 20.1 Å². The zero-order chi connectivity index (χ0) is 32.9. The first kappa shape index (κ1) is 34.2. The highest BCUT2D eigenvalue weighted by Crippen LogP contribution is 2.48. The van der Waals surface area contributed by atoms with Gasteiger partial charge in [0.1, 0.15) is 36.3 Å². The van der Waals surface area contributed by atoms with Crippen LogP contribution in [-0.4, -0.2) is 117 Å². The van der Waals surface area contributed by atoms with Crippen LogP contribution in [0.5, 0.6) is 0 Å². The van der Waals surface area contributed by atoms with E-state index < -0.39 is 18.3 Å². The number of Topliss-reactive ketones (excluding diaryl/α,β-unsaturated/α-hetero) is 1. The van der Waals surface area contributed by atoms with Crippen molar-refractivity contribution in [2.45, 2.75) is 163 Å². The second-order valence-corrected chi connectivity index (χ2v) is 15.8. The lowest BCUT2D eigenvalue weighted by Gasteiger charge is -2.47. The largest absolute Gasteiger partial charge is 0.387 e. The summed E-state index contributed by atoms with van der Waals surface area (Å²) in [6.07, 6.45) is 6.05. The van der Waals surface area contributed by atoms with Gasteiger partial charge in [0.15, 0.2) is 0 Å². The molecule has 0 amide bonds. The molecule has 7 heterocycles. The first-order valence-electron chi connectivity index (χ1n) is 18.2. The Morgan fingerprint density at radius 3 is 2.55 bits per heavy atom. The molecule has 0 aromatic carbocycles. The minimum absolute atomic E-state index is 0.0321. The molecule has 0 radical (unpaired) electrons. The summed E-state index contributed by atoms with van der Waals surface area (Å²) in [4.78, 5) is 12.9. The number of methoxy groups -OCH3 is 1. The fourth-order valence-electron chi connectivity index (χ4n) is 9.24. The summed E-state index contributed by atoms with van der Waals surface area (Å²) in [6.45, 7) is 14.6. The SMILES string of the molecule is C=C1CO[C@@H](CC[C@@H]2O[C@@H](CC[C@]3(C)C[C@H]4O[C@@H]5C(O[C@H]6CC[C@H](CC(=O)C[C@H]7COC[C@@H]7OC)OC6[C@@H]5O)C4O3)CC2=C)C[C@H]1C. The smallest absolute Gasteiger partial charge is 0.135 e. The second kappa shape index (κ2) is 14.2. The Kier molecular flexibility index (Phi) is 10.3. The lowest BCUT2D eigenvalue weighted by molar-refractivity contribution is -0.266. The summed E-state index contributed by atoms with van der Waals surface area (Å²) in [6, 6.07) is 0. The van der Waals surface area contributed by atoms with Crippen LogP contribution in [0.2, 0.25) is 0 Å². The molecule has 1 N–H and O–H groups in total. The molecule has 0 saturated carbocycles. The van der Waals surface area contributed by atoms with Crippen LogP contribution < -0.4 is 0 Å². The molecule has 0 aliphatic carbocycles. The minimum Gasteiger partial charge on any atom is -0.387 e. The quantitative estimate of drug-likeness (QED) is 0.323. The van der Waals surface area contributed by atoms with E-state index in [2.05, 4.69) is 27.0 Å². The number of hydrogen-bond acceptors (Lipinski definition) is 10. The van der Waals surface area contributed by atoms with Crippen LogP contribution in [0.3, 0.4) is 0 Å². The Bertz CT molecular complexity index is 1160. The van der Waals surface area contributed by atoms with E-state index in [0.717, 1.165) is 57.8 Å². The van der Waals surface area contributed by atoms with Gasteiger partial charge in [0.2, 0.25) is 0 Å². The molecule has 7 aliphatic heterocycles. The first-order valence-corrected chi connectivity index (χ1v) is 18.2. The number of rotatable bonds is 11. The number of carbonyl (C=O) groups is 1. The fourth-order valence-corrected chi connectivity index (χ4v) is 9.24. The number of aliphatic hydroxyl groups is 1. The van der Waals surface area contributed by atoms with E-state index >= 15 is 0 Å². The maximum Gasteiger partial charge on any atom is 0.135 e. The monoisotopic (exact) mass is 660 g/mol. The summed E-state index contributed by atoms with van der Waals surface area (Å²) in [5.41, 5.74) is 2.04. The van der Waals surface area contributed by atoms with E-state index in [0.29, 0.717) is 38.6 Å². The van der Waals surface area contributed by atoms with E-state index in [4.69, 9.17) is 37.9 Å². The van der Waals surface area contributed by atoms with E-state index in [1.54, 1.807) is 7.11 Å². The molecule has 10 heteroatoms. The van der Waals surface area contributed by atoms with Gasteiger partial charge in [0, 0.05) is 32.3 Å². The van der Waals surface area contributed by atoms with Crippen molar-refractivity contribution >= 4 is 5.78 Å². The fraction of sp³-hybridized carbons (Fsp3) is 0.865. The van der Waals surface area contributed by atoms with E-state index in [-0.39, 0.29) is 72.2 Å². The molecule has 7 fully saturated rings. The molecule has 0 bridgehead atoms. The van der Waals surface area contributed by atoms with Crippen LogP contribution >= 0.6 is 0 Å². The van der Waals surface area contributed by atoms with Crippen LogP contribution in [0.15, 0.2) is 24.3 Å². The second-order valence-electron chi connectivity index (χ2n) is 15.8. The number of aliphatic hydroxyl groups excluding tert-OH is 1. The number of hydrogen-bond donors (Lipinski definition) is 1. The zero-order valence-corrected chi connectivity index (χ0v) is 28.5. The standard InChI is InChI=1S/C37H56O10/c1-20-12-25(42-17-22(20)3)6-8-28-21(2)13-27(43-28)10-11-37(4)16-30-34(47-37)36-35(46-30)32(39)33-29(45-36)9-7-26(44-33)15-24(38)14-23-18-41-19-31(23)40-5/h20,23,25-36,39H,2-3,6-19H2,1,4-5H3/t20-,23+,25+,26-,27+,28+,29+,30-,31+,32+,33?,34?,35+,36?,37-/m1/s1. The van der Waals surface area contributed by atoms with Crippen molar-refractivity contribution in [2.24, 2.45) is 11.8 Å². The molecule has 264 valence electrons. The van der Waals surface area contributed by atoms with Gasteiger partial charge < -0.3 is 43.0 Å². The van der Waals surface area contributed by atoms with E-state index in [1.165, 1.54) is 11.1 Å². The van der Waals surface area contributed by atoms with Crippen molar-refractivity contribution in [1.82, 2.24) is 0 Å². The zero-order valence-electron chi connectivity index (χ0n) is 28.5. The predicted molar refractivity (Wildman–Crippen MR) is 172 cm³/mol. The topological polar surface area (TPSA) is 111 Å². The third-order valence-corrected chi connectivity index (χ3v) is 12.1. The lowest BCUT2D eigenvalue weighted by atomic mass is 9.87. The van der Waals surface area contributed by atoms with E-state index in [9.17, 15) is 9.90 Å². The van der Waals surface area contributed by atoms with Crippen molar-refractivity contribution in [3.63, 3.8) is 0 Å². The molecule has 47 heavy (non-hydrogen) atoms. The van der Waals surface area contributed by atoms with E-state index in [1.807, 2.05) is 0 Å². The average Bonchev–Trinajstić information content (AvgIpc) is 3.80. The van der Waals surface area contributed by atoms with Gasteiger partial charge >= 0.3 is 0 Å². The number of fused-ring (bicyclic) bond motifs is 4. The maximum atomic E-state index is 12.9. The predicted octanol–water partition coefficient (Wildman–Crippen LogP) is 4.24. The molecule has 10 nitrogen and oxygen atoms in total. The van der Waals surface area contributed by atoms with Gasteiger partial charge in [0.25, 0.3) is 0 Å². The van der Waals surface area contributed by atoms with Gasteiger partial charge in [-0.15, -0.1) is 0 Å². The highest BCUT2D eigenvalue weighted by Gasteiger charge is 2.62. The Morgan fingerprint density at radius 2 is 1.74 bits per heavy atom. The van der Waals surface area contributed by atoms with Crippen LogP contribution in [0.4, 0.5) is 0 Å².